The van der Waals surface area contributed by atoms with Crippen molar-refractivity contribution in [1.82, 2.24) is 4.31 Å². The number of rotatable bonds is 4. The maximum absolute atomic E-state index is 11.5. The number of hydrogen-bond donors (Lipinski definition) is 0. The molecule has 18 heavy (non-hydrogen) atoms. The molecule has 0 heterocycles. The quantitative estimate of drug-likeness (QED) is 0.256. The zero-order valence-corrected chi connectivity index (χ0v) is 12.6. The fourth-order valence-corrected chi connectivity index (χ4v) is 1.61. The summed E-state index contributed by atoms with van der Waals surface area (Å²) in [5.41, 5.74) is -0.846. The summed E-state index contributed by atoms with van der Waals surface area (Å²) in [4.78, 5) is 16.0. The van der Waals surface area contributed by atoms with Gasteiger partial charge in [-0.15, -0.1) is 0 Å². The molecule has 0 N–H and O–H groups in total. The van der Waals surface area contributed by atoms with Gasteiger partial charge in [0.05, 0.1) is 17.7 Å². The third kappa shape index (κ3) is 7.67. The van der Waals surface area contributed by atoms with Gasteiger partial charge in [-0.05, 0) is 13.8 Å². The molecule has 0 aromatic heterocycles. The highest BCUT2D eigenvalue weighted by molar-refractivity contribution is 8.03. The monoisotopic (exact) mass is 329 g/mol. The van der Waals surface area contributed by atoms with Gasteiger partial charge < -0.3 is 0 Å². The molecule has 0 atom stereocenters. The molecule has 0 saturated heterocycles. The summed E-state index contributed by atoms with van der Waals surface area (Å²) in [5, 5.41) is 12.1. The van der Waals surface area contributed by atoms with E-state index >= 15 is 0 Å². The summed E-state index contributed by atoms with van der Waals surface area (Å²) < 4.78 is -0.868. The maximum atomic E-state index is 11.5. The molecular weight excluding hydrogens is 321 g/mol. The zero-order valence-electron chi connectivity index (χ0n) is 9.56. The summed E-state index contributed by atoms with van der Waals surface area (Å²) in [6, 6.07) is 1.95. The van der Waals surface area contributed by atoms with E-state index in [0.29, 0.717) is 11.9 Å². The molecular formula is C9H10Cl3N3O2S. The first kappa shape index (κ1) is 17.4. The lowest BCUT2D eigenvalue weighted by Gasteiger charge is -2.18. The largest absolute Gasteiger partial charge is 0.450 e. The molecule has 9 heteroatoms. The van der Waals surface area contributed by atoms with Gasteiger partial charge in [0.25, 0.3) is 3.12 Å². The number of hydrogen-bond acceptors (Lipinski definition) is 5. The van der Waals surface area contributed by atoms with Crippen molar-refractivity contribution in [3.05, 3.63) is 12.8 Å². The Labute approximate surface area is 124 Å². The molecule has 0 aromatic rings. The zero-order chi connectivity index (χ0) is 14.4. The Bertz CT molecular complexity index is 387. The second kappa shape index (κ2) is 7.10. The predicted molar refractivity (Wildman–Crippen MR) is 74.3 cm³/mol. The van der Waals surface area contributed by atoms with Crippen molar-refractivity contribution in [2.45, 2.75) is 17.0 Å². The van der Waals surface area contributed by atoms with E-state index in [9.17, 15) is 4.79 Å². The number of amides is 1. The van der Waals surface area contributed by atoms with E-state index in [-0.39, 0.29) is 0 Å². The number of nitriles is 1. The van der Waals surface area contributed by atoms with Crippen LogP contribution in [0.3, 0.4) is 0 Å². The van der Waals surface area contributed by atoms with Crippen molar-refractivity contribution in [3.63, 3.8) is 0 Å². The smallest absolute Gasteiger partial charge is 0.297 e. The van der Waals surface area contributed by atoms with Crippen LogP contribution in [-0.2, 0) is 4.84 Å². The first-order chi connectivity index (χ1) is 8.11. The minimum atomic E-state index is -1.73. The van der Waals surface area contributed by atoms with Gasteiger partial charge in [-0.3, -0.25) is 4.84 Å². The summed E-state index contributed by atoms with van der Waals surface area (Å²) in [6.07, 6.45) is 1.40. The SMILES string of the molecule is C=CN(SC(Cl)(Cl)Cl)C(=O)ON=CC(C)(C)C#N. The molecule has 0 aromatic carbocycles. The van der Waals surface area contributed by atoms with Crippen LogP contribution in [0.15, 0.2) is 17.9 Å². The Hall–Kier alpha value is -0.610. The van der Waals surface area contributed by atoms with Crippen molar-refractivity contribution < 1.29 is 9.63 Å². The summed E-state index contributed by atoms with van der Waals surface area (Å²) in [5.74, 6) is 0. The lowest BCUT2D eigenvalue weighted by atomic mass is 9.98. The second-order valence-electron chi connectivity index (χ2n) is 3.47. The molecule has 0 aliphatic carbocycles. The molecule has 0 aliphatic rings. The third-order valence-electron chi connectivity index (χ3n) is 1.34. The Morgan fingerprint density at radius 3 is 2.50 bits per heavy atom. The van der Waals surface area contributed by atoms with E-state index in [1.807, 2.05) is 6.07 Å². The molecule has 0 spiro atoms. The van der Waals surface area contributed by atoms with E-state index in [2.05, 4.69) is 16.6 Å². The van der Waals surface area contributed by atoms with Crippen LogP contribution in [-0.4, -0.2) is 19.7 Å². The lowest BCUT2D eigenvalue weighted by Crippen LogP contribution is -2.21. The van der Waals surface area contributed by atoms with Gasteiger partial charge in [0.2, 0.25) is 0 Å². The van der Waals surface area contributed by atoms with Crippen LogP contribution in [0.2, 0.25) is 0 Å². The van der Waals surface area contributed by atoms with Crippen LogP contribution < -0.4 is 0 Å². The first-order valence-electron chi connectivity index (χ1n) is 4.46. The number of alkyl halides is 3. The fraction of sp³-hybridized carbons (Fsp3) is 0.444. The van der Waals surface area contributed by atoms with Crippen LogP contribution in [0, 0.1) is 16.7 Å². The predicted octanol–water partition coefficient (Wildman–Crippen LogP) is 4.08. The van der Waals surface area contributed by atoms with Gasteiger partial charge in [-0.1, -0.05) is 46.5 Å². The van der Waals surface area contributed by atoms with Gasteiger partial charge in [-0.25, -0.2) is 9.10 Å². The van der Waals surface area contributed by atoms with Crippen molar-refractivity contribution >= 4 is 59.1 Å². The molecule has 0 unspecified atom stereocenters. The molecule has 0 saturated carbocycles. The molecule has 0 fully saturated rings. The minimum absolute atomic E-state index is 0.572. The number of nitrogens with zero attached hydrogens (tertiary/aromatic N) is 3. The molecule has 0 rings (SSSR count). The van der Waals surface area contributed by atoms with E-state index in [0.717, 1.165) is 10.5 Å². The summed E-state index contributed by atoms with van der Waals surface area (Å²) in [7, 11) is 0. The van der Waals surface area contributed by atoms with Gasteiger partial charge in [0.15, 0.2) is 0 Å². The van der Waals surface area contributed by atoms with Crippen molar-refractivity contribution in [3.8, 4) is 6.07 Å². The van der Waals surface area contributed by atoms with Crippen molar-refractivity contribution in [2.24, 2.45) is 10.6 Å². The average Bonchev–Trinajstić information content (AvgIpc) is 2.24. The fourth-order valence-electron chi connectivity index (χ4n) is 0.533. The van der Waals surface area contributed by atoms with Crippen molar-refractivity contribution in [1.29, 1.82) is 5.26 Å². The third-order valence-corrected chi connectivity index (χ3v) is 2.66. The number of carbonyl (C=O) groups excluding carboxylic acids is 1. The topological polar surface area (TPSA) is 65.7 Å². The molecule has 0 radical (unpaired) electrons. The first-order valence-corrected chi connectivity index (χ1v) is 6.36. The Balaban J connectivity index is 4.49. The number of oxime groups is 1. The number of carbonyl (C=O) groups is 1. The van der Waals surface area contributed by atoms with Crippen LogP contribution in [0.25, 0.3) is 0 Å². The van der Waals surface area contributed by atoms with E-state index < -0.39 is 14.6 Å². The molecule has 100 valence electrons. The lowest BCUT2D eigenvalue weighted by molar-refractivity contribution is 0.140. The van der Waals surface area contributed by atoms with Gasteiger partial charge in [0.1, 0.15) is 0 Å². The highest BCUT2D eigenvalue weighted by Gasteiger charge is 2.28. The van der Waals surface area contributed by atoms with Gasteiger partial charge >= 0.3 is 6.09 Å². The second-order valence-corrected chi connectivity index (χ2v) is 7.61. The highest BCUT2D eigenvalue weighted by atomic mass is 35.6. The van der Waals surface area contributed by atoms with Crippen LogP contribution in [0.1, 0.15) is 13.8 Å². The number of halogens is 3. The summed E-state index contributed by atoms with van der Waals surface area (Å²) in [6.45, 7) is 6.57. The molecule has 5 nitrogen and oxygen atoms in total. The molecule has 0 bridgehead atoms. The Kier molecular flexibility index (Phi) is 6.86. The average molecular weight is 331 g/mol. The van der Waals surface area contributed by atoms with Crippen LogP contribution in [0.4, 0.5) is 4.79 Å². The summed E-state index contributed by atoms with van der Waals surface area (Å²) >= 11 is 17.1. The molecule has 1 amide bonds. The Morgan fingerprint density at radius 2 is 2.11 bits per heavy atom. The van der Waals surface area contributed by atoms with Crippen LogP contribution in [0.5, 0.6) is 0 Å². The molecule has 0 aliphatic heterocycles. The standard InChI is InChI=1S/C9H10Cl3N3O2S/c1-4-15(18-9(10,11)12)7(16)17-14-6-8(2,3)5-13/h4,6H,1H2,2-3H3. The van der Waals surface area contributed by atoms with Crippen LogP contribution >= 0.6 is 46.8 Å². The van der Waals surface area contributed by atoms with Gasteiger partial charge in [-0.2, -0.15) is 5.26 Å². The maximum Gasteiger partial charge on any atom is 0.450 e. The van der Waals surface area contributed by atoms with E-state index in [1.54, 1.807) is 13.8 Å². The van der Waals surface area contributed by atoms with Gasteiger partial charge in [0, 0.05) is 18.1 Å². The van der Waals surface area contributed by atoms with E-state index in [4.69, 9.17) is 40.1 Å². The normalized spacial score (nSPS) is 12.0. The highest BCUT2D eigenvalue weighted by Crippen LogP contribution is 2.41. The van der Waals surface area contributed by atoms with E-state index in [1.165, 1.54) is 6.21 Å². The van der Waals surface area contributed by atoms with Crippen molar-refractivity contribution in [2.75, 3.05) is 0 Å². The Morgan fingerprint density at radius 1 is 1.56 bits per heavy atom. The minimum Gasteiger partial charge on any atom is -0.297 e.